The van der Waals surface area contributed by atoms with E-state index >= 15 is 0 Å². The van der Waals surface area contributed by atoms with Gasteiger partial charge in [0.25, 0.3) is 0 Å². The van der Waals surface area contributed by atoms with Gasteiger partial charge in [-0.2, -0.15) is 0 Å². The highest BCUT2D eigenvalue weighted by Crippen LogP contribution is 2.11. The predicted molar refractivity (Wildman–Crippen MR) is 71.2 cm³/mol. The lowest BCUT2D eigenvalue weighted by Gasteiger charge is -2.14. The van der Waals surface area contributed by atoms with Crippen LogP contribution >= 0.6 is 0 Å². The third-order valence-electron chi connectivity index (χ3n) is 2.87. The molecule has 0 bridgehead atoms. The zero-order valence-electron chi connectivity index (χ0n) is 10.4. The summed E-state index contributed by atoms with van der Waals surface area (Å²) in [4.78, 5) is 21.1. The molecular weight excluding hydrogens is 242 g/mol. The highest BCUT2D eigenvalue weighted by atomic mass is 16.1. The van der Waals surface area contributed by atoms with Crippen LogP contribution in [0, 0.1) is 0 Å². The Morgan fingerprint density at radius 3 is 2.79 bits per heavy atom. The van der Waals surface area contributed by atoms with Crippen LogP contribution in [0.3, 0.4) is 0 Å². The summed E-state index contributed by atoms with van der Waals surface area (Å²) < 4.78 is 2.91. The molecule has 6 heteroatoms. The lowest BCUT2D eigenvalue weighted by Crippen LogP contribution is -2.32. The molecule has 0 unspecified atom stereocenters. The molecule has 0 fully saturated rings. The second kappa shape index (κ2) is 4.33. The summed E-state index contributed by atoms with van der Waals surface area (Å²) in [6.45, 7) is 1.79. The summed E-state index contributed by atoms with van der Waals surface area (Å²) in [5.41, 5.74) is 6.29. The molecule has 6 nitrogen and oxygen atoms in total. The minimum atomic E-state index is -0.366. The Kier molecular flexibility index (Phi) is 2.64. The summed E-state index contributed by atoms with van der Waals surface area (Å²) in [7, 11) is 0. The average molecular weight is 255 g/mol. The van der Waals surface area contributed by atoms with Gasteiger partial charge in [-0.3, -0.25) is 4.40 Å². The van der Waals surface area contributed by atoms with Crippen molar-refractivity contribution in [2.45, 2.75) is 13.0 Å². The highest BCUT2D eigenvalue weighted by molar-refractivity contribution is 5.40. The quantitative estimate of drug-likeness (QED) is 0.738. The number of hydrogen-bond donors (Lipinski definition) is 1. The lowest BCUT2D eigenvalue weighted by atomic mass is 10.3. The van der Waals surface area contributed by atoms with Gasteiger partial charge in [-0.1, -0.05) is 6.07 Å². The molecule has 0 amide bonds. The Balaban J connectivity index is 2.41. The molecule has 0 radical (unpaired) electrons. The molecular formula is C13H13N5O. The van der Waals surface area contributed by atoms with Crippen LogP contribution < -0.4 is 11.4 Å². The molecule has 19 heavy (non-hydrogen) atoms. The fourth-order valence-corrected chi connectivity index (χ4v) is 2.00. The SMILES string of the molecule is C[C@H](N)c1nc2cccn2c(=O)n1-c1ccccn1. The molecule has 3 aromatic heterocycles. The van der Waals surface area contributed by atoms with E-state index in [1.165, 1.54) is 8.97 Å². The Hall–Kier alpha value is -2.47. The fourth-order valence-electron chi connectivity index (χ4n) is 2.00. The predicted octanol–water partition coefficient (Wildman–Crippen LogP) is 0.900. The zero-order chi connectivity index (χ0) is 13.4. The van der Waals surface area contributed by atoms with Crippen molar-refractivity contribution in [2.75, 3.05) is 0 Å². The van der Waals surface area contributed by atoms with Gasteiger partial charge < -0.3 is 5.73 Å². The van der Waals surface area contributed by atoms with Crippen LogP contribution in [0.5, 0.6) is 0 Å². The average Bonchev–Trinajstić information content (AvgIpc) is 2.88. The Labute approximate surface area is 109 Å². The van der Waals surface area contributed by atoms with E-state index in [0.29, 0.717) is 17.3 Å². The molecule has 0 spiro atoms. The van der Waals surface area contributed by atoms with Crippen molar-refractivity contribution in [3.8, 4) is 5.82 Å². The van der Waals surface area contributed by atoms with Gasteiger partial charge in [-0.05, 0) is 31.2 Å². The number of rotatable bonds is 2. The fraction of sp³-hybridized carbons (Fsp3) is 0.154. The molecule has 0 aliphatic carbocycles. The maximum atomic E-state index is 12.5. The van der Waals surface area contributed by atoms with Gasteiger partial charge >= 0.3 is 5.69 Å². The molecule has 0 saturated carbocycles. The van der Waals surface area contributed by atoms with Crippen molar-refractivity contribution in [1.82, 2.24) is 18.9 Å². The van der Waals surface area contributed by atoms with E-state index in [1.807, 2.05) is 6.07 Å². The summed E-state index contributed by atoms with van der Waals surface area (Å²) in [6, 6.07) is 8.55. The van der Waals surface area contributed by atoms with Gasteiger partial charge in [0.1, 0.15) is 17.3 Å². The molecule has 0 aliphatic rings. The van der Waals surface area contributed by atoms with E-state index in [1.54, 1.807) is 43.6 Å². The Morgan fingerprint density at radius 2 is 2.11 bits per heavy atom. The van der Waals surface area contributed by atoms with Crippen LogP contribution in [-0.2, 0) is 0 Å². The van der Waals surface area contributed by atoms with Crippen molar-refractivity contribution in [2.24, 2.45) is 5.73 Å². The van der Waals surface area contributed by atoms with E-state index in [-0.39, 0.29) is 11.7 Å². The number of pyridine rings is 1. The van der Waals surface area contributed by atoms with Gasteiger partial charge in [0.2, 0.25) is 0 Å². The molecule has 0 aliphatic heterocycles. The Morgan fingerprint density at radius 1 is 1.26 bits per heavy atom. The van der Waals surface area contributed by atoms with Crippen LogP contribution in [0.15, 0.2) is 47.5 Å². The number of nitrogens with zero attached hydrogens (tertiary/aromatic N) is 4. The van der Waals surface area contributed by atoms with E-state index in [4.69, 9.17) is 5.73 Å². The van der Waals surface area contributed by atoms with E-state index in [0.717, 1.165) is 0 Å². The lowest BCUT2D eigenvalue weighted by molar-refractivity contribution is 0.660. The maximum Gasteiger partial charge on any atom is 0.341 e. The first kappa shape index (κ1) is 11.6. The highest BCUT2D eigenvalue weighted by Gasteiger charge is 2.15. The largest absolute Gasteiger partial charge is 0.341 e. The first-order valence-corrected chi connectivity index (χ1v) is 5.95. The summed E-state index contributed by atoms with van der Waals surface area (Å²) >= 11 is 0. The molecule has 3 aromatic rings. The number of fused-ring (bicyclic) bond motifs is 1. The third kappa shape index (κ3) is 1.82. The molecule has 96 valence electrons. The molecule has 0 saturated heterocycles. The number of nitrogens with two attached hydrogens (primary N) is 1. The number of hydrogen-bond acceptors (Lipinski definition) is 4. The van der Waals surface area contributed by atoms with Gasteiger partial charge in [0, 0.05) is 12.4 Å². The minimum Gasteiger partial charge on any atom is -0.322 e. The standard InChI is InChI=1S/C13H13N5O/c1-9(14)12-16-11-6-4-8-17(11)13(19)18(12)10-5-2-3-7-15-10/h2-9H,14H2,1H3/t9-/m0/s1. The third-order valence-corrected chi connectivity index (χ3v) is 2.87. The second-order valence-electron chi connectivity index (χ2n) is 4.30. The molecule has 3 heterocycles. The Bertz CT molecular complexity index is 773. The molecule has 3 rings (SSSR count). The van der Waals surface area contributed by atoms with Crippen LogP contribution in [0.1, 0.15) is 18.8 Å². The van der Waals surface area contributed by atoms with Gasteiger partial charge in [-0.15, -0.1) is 0 Å². The van der Waals surface area contributed by atoms with Crippen molar-refractivity contribution in [3.63, 3.8) is 0 Å². The van der Waals surface area contributed by atoms with Crippen molar-refractivity contribution >= 4 is 5.65 Å². The van der Waals surface area contributed by atoms with E-state index in [2.05, 4.69) is 9.97 Å². The normalized spacial score (nSPS) is 12.7. The van der Waals surface area contributed by atoms with Crippen molar-refractivity contribution in [3.05, 3.63) is 59.0 Å². The summed E-state index contributed by atoms with van der Waals surface area (Å²) in [6.07, 6.45) is 3.31. The van der Waals surface area contributed by atoms with E-state index in [9.17, 15) is 4.79 Å². The van der Waals surface area contributed by atoms with E-state index < -0.39 is 0 Å². The van der Waals surface area contributed by atoms with Gasteiger partial charge in [0.15, 0.2) is 0 Å². The first-order valence-electron chi connectivity index (χ1n) is 5.95. The zero-order valence-corrected chi connectivity index (χ0v) is 10.4. The van der Waals surface area contributed by atoms with Gasteiger partial charge in [-0.25, -0.2) is 19.3 Å². The van der Waals surface area contributed by atoms with Crippen LogP contribution in [0.25, 0.3) is 11.5 Å². The monoisotopic (exact) mass is 255 g/mol. The summed E-state index contributed by atoms with van der Waals surface area (Å²) in [5.74, 6) is 1.01. The van der Waals surface area contributed by atoms with Crippen LogP contribution in [-0.4, -0.2) is 18.9 Å². The van der Waals surface area contributed by atoms with Crippen molar-refractivity contribution in [1.29, 1.82) is 0 Å². The first-order chi connectivity index (χ1) is 9.18. The number of aromatic nitrogens is 4. The maximum absolute atomic E-state index is 12.5. The molecule has 1 atom stereocenters. The van der Waals surface area contributed by atoms with Crippen LogP contribution in [0.2, 0.25) is 0 Å². The summed E-state index contributed by atoms with van der Waals surface area (Å²) in [5, 5.41) is 0. The van der Waals surface area contributed by atoms with Crippen LogP contribution in [0.4, 0.5) is 0 Å². The van der Waals surface area contributed by atoms with Gasteiger partial charge in [0.05, 0.1) is 6.04 Å². The van der Waals surface area contributed by atoms with Crippen molar-refractivity contribution < 1.29 is 0 Å². The smallest absolute Gasteiger partial charge is 0.322 e. The molecule has 0 aromatic carbocycles. The topological polar surface area (TPSA) is 78.2 Å². The second-order valence-corrected chi connectivity index (χ2v) is 4.30. The molecule has 2 N–H and O–H groups in total. The minimum absolute atomic E-state index is 0.221.